The van der Waals surface area contributed by atoms with Crippen LogP contribution in [-0.2, 0) is 0 Å². The highest BCUT2D eigenvalue weighted by Crippen LogP contribution is 2.23. The van der Waals surface area contributed by atoms with Gasteiger partial charge in [0.2, 0.25) is 17.8 Å². The zero-order valence-electron chi connectivity index (χ0n) is 11.2. The number of hydrogen-bond acceptors (Lipinski definition) is 6. The van der Waals surface area contributed by atoms with Crippen molar-refractivity contribution in [2.24, 2.45) is 0 Å². The summed E-state index contributed by atoms with van der Waals surface area (Å²) in [4.78, 5) is 14.7. The first-order valence-corrected chi connectivity index (χ1v) is 7.68. The number of benzene rings is 1. The Bertz CT molecular complexity index is 659. The van der Waals surface area contributed by atoms with E-state index < -0.39 is 0 Å². The van der Waals surface area contributed by atoms with Gasteiger partial charge in [0.05, 0.1) is 5.69 Å². The zero-order chi connectivity index (χ0) is 14.8. The molecule has 0 bridgehead atoms. The Kier molecular flexibility index (Phi) is 4.04. The van der Waals surface area contributed by atoms with Crippen LogP contribution in [0.1, 0.15) is 12.8 Å². The van der Waals surface area contributed by atoms with Crippen LogP contribution in [0, 0.1) is 9.39 Å². The molecule has 21 heavy (non-hydrogen) atoms. The van der Waals surface area contributed by atoms with Gasteiger partial charge in [-0.25, -0.2) is 4.39 Å². The summed E-state index contributed by atoms with van der Waals surface area (Å²) in [6, 6.07) is 4.47. The van der Waals surface area contributed by atoms with Crippen LogP contribution in [0.15, 0.2) is 18.2 Å². The Morgan fingerprint density at radius 1 is 1.19 bits per heavy atom. The molecule has 0 aliphatic carbocycles. The number of nitrogens with two attached hydrogens (primary N) is 1. The summed E-state index contributed by atoms with van der Waals surface area (Å²) >= 11 is 2.05. The molecule has 1 aliphatic heterocycles. The third kappa shape index (κ3) is 3.31. The first-order chi connectivity index (χ1) is 10.1. The van der Waals surface area contributed by atoms with E-state index in [0.717, 1.165) is 35.2 Å². The maximum absolute atomic E-state index is 13.1. The van der Waals surface area contributed by atoms with Gasteiger partial charge < -0.3 is 16.0 Å². The van der Waals surface area contributed by atoms with Crippen molar-refractivity contribution >= 4 is 46.1 Å². The minimum absolute atomic E-state index is 0.173. The number of anilines is 4. The topological polar surface area (TPSA) is 80.0 Å². The third-order valence-electron chi connectivity index (χ3n) is 3.21. The van der Waals surface area contributed by atoms with Crippen LogP contribution in [0.5, 0.6) is 0 Å². The smallest absolute Gasteiger partial charge is 0.233 e. The molecule has 3 rings (SSSR count). The van der Waals surface area contributed by atoms with E-state index in [0.29, 0.717) is 11.9 Å². The van der Waals surface area contributed by atoms with Crippen molar-refractivity contribution in [3.05, 3.63) is 27.6 Å². The highest BCUT2D eigenvalue weighted by Gasteiger charge is 2.17. The molecule has 0 atom stereocenters. The molecule has 1 aromatic carbocycles. The van der Waals surface area contributed by atoms with Crippen LogP contribution < -0.4 is 16.0 Å². The third-order valence-corrected chi connectivity index (χ3v) is 4.10. The number of nitrogen functional groups attached to an aromatic ring is 1. The molecule has 0 saturated carbocycles. The summed E-state index contributed by atoms with van der Waals surface area (Å²) in [5.41, 5.74) is 6.48. The van der Waals surface area contributed by atoms with E-state index in [1.54, 1.807) is 6.07 Å². The van der Waals surface area contributed by atoms with E-state index in [9.17, 15) is 4.39 Å². The fourth-order valence-electron chi connectivity index (χ4n) is 2.21. The van der Waals surface area contributed by atoms with E-state index in [1.807, 2.05) is 0 Å². The van der Waals surface area contributed by atoms with Gasteiger partial charge >= 0.3 is 0 Å². The lowest BCUT2D eigenvalue weighted by molar-refractivity contribution is 0.627. The minimum Gasteiger partial charge on any atom is -0.368 e. The Labute approximate surface area is 135 Å². The summed E-state index contributed by atoms with van der Waals surface area (Å²) in [7, 11) is 0. The summed E-state index contributed by atoms with van der Waals surface area (Å²) < 4.78 is 13.9. The number of nitrogens with zero attached hydrogens (tertiary/aromatic N) is 4. The summed E-state index contributed by atoms with van der Waals surface area (Å²) in [6.45, 7) is 1.86. The zero-order valence-corrected chi connectivity index (χ0v) is 13.3. The van der Waals surface area contributed by atoms with Gasteiger partial charge in [-0.15, -0.1) is 0 Å². The van der Waals surface area contributed by atoms with Crippen molar-refractivity contribution in [1.82, 2.24) is 15.0 Å². The highest BCUT2D eigenvalue weighted by atomic mass is 127. The molecule has 1 aliphatic rings. The Morgan fingerprint density at radius 3 is 2.67 bits per heavy atom. The second kappa shape index (κ2) is 5.96. The Hall–Kier alpha value is -1.71. The lowest BCUT2D eigenvalue weighted by Gasteiger charge is -2.16. The normalized spacial score (nSPS) is 14.5. The number of aromatic nitrogens is 3. The SMILES string of the molecule is Nc1nc(Nc2ccc(F)cc2I)nc(N2CCCC2)n1. The molecule has 2 aromatic rings. The molecule has 0 amide bonds. The molecule has 3 N–H and O–H groups in total. The minimum atomic E-state index is -0.280. The predicted octanol–water partition coefficient (Wildman–Crippen LogP) is 2.54. The maximum atomic E-state index is 13.1. The van der Waals surface area contributed by atoms with Gasteiger partial charge in [-0.3, -0.25) is 0 Å². The Morgan fingerprint density at radius 2 is 1.95 bits per heavy atom. The molecule has 2 heterocycles. The molecule has 0 radical (unpaired) electrons. The summed E-state index contributed by atoms with van der Waals surface area (Å²) in [5.74, 6) is 0.845. The van der Waals surface area contributed by atoms with Crippen molar-refractivity contribution < 1.29 is 4.39 Å². The fraction of sp³-hybridized carbons (Fsp3) is 0.308. The van der Waals surface area contributed by atoms with Crippen LogP contribution in [0.3, 0.4) is 0 Å². The van der Waals surface area contributed by atoms with E-state index in [2.05, 4.69) is 47.8 Å². The van der Waals surface area contributed by atoms with Gasteiger partial charge in [0.25, 0.3) is 0 Å². The first kappa shape index (κ1) is 14.2. The molecule has 1 saturated heterocycles. The van der Waals surface area contributed by atoms with E-state index in [-0.39, 0.29) is 11.8 Å². The van der Waals surface area contributed by atoms with Crippen LogP contribution in [0.2, 0.25) is 0 Å². The highest BCUT2D eigenvalue weighted by molar-refractivity contribution is 14.1. The summed E-state index contributed by atoms with van der Waals surface area (Å²) in [5, 5.41) is 3.06. The number of rotatable bonds is 3. The van der Waals surface area contributed by atoms with Crippen LogP contribution in [0.4, 0.5) is 27.9 Å². The molecular formula is C13H14FIN6. The van der Waals surface area contributed by atoms with Gasteiger partial charge in [-0.1, -0.05) is 0 Å². The van der Waals surface area contributed by atoms with Crippen LogP contribution >= 0.6 is 22.6 Å². The lowest BCUT2D eigenvalue weighted by atomic mass is 10.3. The average Bonchev–Trinajstić information content (AvgIpc) is 2.95. The molecule has 1 fully saturated rings. The van der Waals surface area contributed by atoms with Crippen molar-refractivity contribution in [3.63, 3.8) is 0 Å². The monoisotopic (exact) mass is 400 g/mol. The van der Waals surface area contributed by atoms with Crippen molar-refractivity contribution in [2.45, 2.75) is 12.8 Å². The number of hydrogen-bond donors (Lipinski definition) is 2. The second-order valence-electron chi connectivity index (χ2n) is 4.76. The van der Waals surface area contributed by atoms with E-state index >= 15 is 0 Å². The number of nitrogens with one attached hydrogen (secondary N) is 1. The van der Waals surface area contributed by atoms with E-state index in [4.69, 9.17) is 5.73 Å². The van der Waals surface area contributed by atoms with Gasteiger partial charge in [0.1, 0.15) is 5.82 Å². The predicted molar refractivity (Wildman–Crippen MR) is 88.1 cm³/mol. The molecule has 0 unspecified atom stereocenters. The summed E-state index contributed by atoms with van der Waals surface area (Å²) in [6.07, 6.45) is 2.26. The fourth-order valence-corrected chi connectivity index (χ4v) is 2.82. The first-order valence-electron chi connectivity index (χ1n) is 6.60. The van der Waals surface area contributed by atoms with Gasteiger partial charge in [0, 0.05) is 16.7 Å². The van der Waals surface area contributed by atoms with Crippen molar-refractivity contribution in [1.29, 1.82) is 0 Å². The van der Waals surface area contributed by atoms with Crippen molar-refractivity contribution in [2.75, 3.05) is 29.0 Å². The van der Waals surface area contributed by atoms with Crippen molar-refractivity contribution in [3.8, 4) is 0 Å². The molecule has 6 nitrogen and oxygen atoms in total. The maximum Gasteiger partial charge on any atom is 0.233 e. The van der Waals surface area contributed by atoms with Crippen LogP contribution in [0.25, 0.3) is 0 Å². The lowest BCUT2D eigenvalue weighted by Crippen LogP contribution is -2.22. The molecule has 110 valence electrons. The quantitative estimate of drug-likeness (QED) is 0.772. The molecular weight excluding hydrogens is 386 g/mol. The van der Waals surface area contributed by atoms with Crippen LogP contribution in [-0.4, -0.2) is 28.0 Å². The van der Waals surface area contributed by atoms with Gasteiger partial charge in [-0.2, -0.15) is 15.0 Å². The van der Waals surface area contributed by atoms with E-state index in [1.165, 1.54) is 12.1 Å². The molecule has 8 heteroatoms. The largest absolute Gasteiger partial charge is 0.368 e. The Balaban J connectivity index is 1.87. The average molecular weight is 400 g/mol. The standard InChI is InChI=1S/C13H14FIN6/c14-8-3-4-10(9(15)7-8)17-12-18-11(16)19-13(20-12)21-5-1-2-6-21/h3-4,7H,1-2,5-6H2,(H3,16,17,18,19,20). The van der Waals surface area contributed by atoms with Gasteiger partial charge in [0.15, 0.2) is 0 Å². The number of halogens is 2. The molecule has 0 spiro atoms. The second-order valence-corrected chi connectivity index (χ2v) is 5.92. The molecule has 1 aromatic heterocycles. The van der Waals surface area contributed by atoms with Gasteiger partial charge in [-0.05, 0) is 53.6 Å².